The van der Waals surface area contributed by atoms with Crippen molar-refractivity contribution < 1.29 is 0 Å². The fourth-order valence-electron chi connectivity index (χ4n) is 4.46. The Labute approximate surface area is 179 Å². The van der Waals surface area contributed by atoms with Crippen molar-refractivity contribution in [1.82, 2.24) is 24.4 Å². The number of nitrogens with zero attached hydrogens (tertiary/aromatic N) is 6. The Morgan fingerprint density at radius 1 is 1.16 bits per heavy atom. The summed E-state index contributed by atoms with van der Waals surface area (Å²) in [6, 6.07) is 12.1. The van der Waals surface area contributed by atoms with Gasteiger partial charge in [-0.3, -0.25) is 14.3 Å². The molecule has 5 rings (SSSR count). The van der Waals surface area contributed by atoms with E-state index in [1.807, 2.05) is 41.8 Å². The molecule has 156 valence electrons. The molecule has 1 aliphatic heterocycles. The summed E-state index contributed by atoms with van der Waals surface area (Å²) in [5.74, 6) is 0.804. The monoisotopic (exact) mass is 413 g/mol. The van der Waals surface area contributed by atoms with Crippen LogP contribution in [-0.4, -0.2) is 45.3 Å². The van der Waals surface area contributed by atoms with Gasteiger partial charge in [0.05, 0.1) is 18.4 Å². The predicted molar refractivity (Wildman–Crippen MR) is 120 cm³/mol. The van der Waals surface area contributed by atoms with Gasteiger partial charge in [0.25, 0.3) is 5.56 Å². The Balaban J connectivity index is 1.67. The molecular weight excluding hydrogens is 390 g/mol. The zero-order chi connectivity index (χ0) is 21.4. The largest absolute Gasteiger partial charge is 0.354 e. The van der Waals surface area contributed by atoms with Crippen molar-refractivity contribution in [3.05, 3.63) is 64.3 Å². The summed E-state index contributed by atoms with van der Waals surface area (Å²) in [7, 11) is 0. The molecule has 0 unspecified atom stereocenters. The molecule has 8 nitrogen and oxygen atoms in total. The fourth-order valence-corrected chi connectivity index (χ4v) is 4.46. The Morgan fingerprint density at radius 3 is 2.74 bits per heavy atom. The Morgan fingerprint density at radius 2 is 1.97 bits per heavy atom. The number of rotatable bonds is 4. The SMILES string of the molecule is CCn1c(N2CCNCC2)c(C#N)c2ncn(Cc3ccnc4ccccc34)c(=O)c21. The number of hydrogen-bond donors (Lipinski definition) is 1. The number of aromatic nitrogens is 4. The number of nitriles is 1. The van der Waals surface area contributed by atoms with E-state index >= 15 is 0 Å². The normalized spacial score (nSPS) is 14.3. The molecule has 1 fully saturated rings. The maximum absolute atomic E-state index is 13.6. The first kappa shape index (κ1) is 19.3. The molecule has 1 N–H and O–H groups in total. The van der Waals surface area contributed by atoms with Gasteiger partial charge in [-0.1, -0.05) is 18.2 Å². The van der Waals surface area contributed by atoms with Gasteiger partial charge in [-0.05, 0) is 24.6 Å². The summed E-state index contributed by atoms with van der Waals surface area (Å²) in [6.45, 7) is 6.27. The van der Waals surface area contributed by atoms with E-state index in [9.17, 15) is 10.1 Å². The number of para-hydroxylation sites is 1. The zero-order valence-corrected chi connectivity index (χ0v) is 17.4. The van der Waals surface area contributed by atoms with Crippen LogP contribution in [0.5, 0.6) is 0 Å². The van der Waals surface area contributed by atoms with Crippen LogP contribution in [-0.2, 0) is 13.1 Å². The number of nitrogens with one attached hydrogen (secondary N) is 1. The van der Waals surface area contributed by atoms with Crippen molar-refractivity contribution in [2.24, 2.45) is 0 Å². The van der Waals surface area contributed by atoms with E-state index in [-0.39, 0.29) is 5.56 Å². The Hall–Kier alpha value is -3.70. The molecule has 4 heterocycles. The summed E-state index contributed by atoms with van der Waals surface area (Å²) in [5.41, 5.74) is 3.23. The summed E-state index contributed by atoms with van der Waals surface area (Å²) in [4.78, 5) is 24.7. The summed E-state index contributed by atoms with van der Waals surface area (Å²) >= 11 is 0. The third-order valence-corrected chi connectivity index (χ3v) is 5.92. The minimum Gasteiger partial charge on any atom is -0.354 e. The molecule has 4 aromatic rings. The Bertz CT molecular complexity index is 1370. The van der Waals surface area contributed by atoms with Crippen LogP contribution in [0.1, 0.15) is 18.1 Å². The van der Waals surface area contributed by atoms with Crippen molar-refractivity contribution in [3.8, 4) is 6.07 Å². The molecular formula is C23H23N7O. The predicted octanol–water partition coefficient (Wildman–Crippen LogP) is 2.10. The maximum Gasteiger partial charge on any atom is 0.278 e. The van der Waals surface area contributed by atoms with Crippen LogP contribution in [0.3, 0.4) is 0 Å². The average Bonchev–Trinajstić information content (AvgIpc) is 3.15. The molecule has 3 aromatic heterocycles. The number of aryl methyl sites for hydroxylation is 1. The van der Waals surface area contributed by atoms with E-state index in [0.717, 1.165) is 48.5 Å². The van der Waals surface area contributed by atoms with Gasteiger partial charge in [0.1, 0.15) is 28.5 Å². The lowest BCUT2D eigenvalue weighted by Gasteiger charge is -2.30. The second-order valence-corrected chi connectivity index (χ2v) is 7.65. The lowest BCUT2D eigenvalue weighted by atomic mass is 10.1. The second kappa shape index (κ2) is 7.85. The van der Waals surface area contributed by atoms with Crippen molar-refractivity contribution in [2.45, 2.75) is 20.0 Å². The number of piperazine rings is 1. The van der Waals surface area contributed by atoms with Crippen LogP contribution in [0.15, 0.2) is 47.7 Å². The molecule has 0 atom stereocenters. The average molecular weight is 413 g/mol. The first-order chi connectivity index (χ1) is 15.2. The number of fused-ring (bicyclic) bond motifs is 2. The van der Waals surface area contributed by atoms with Gasteiger partial charge in [-0.25, -0.2) is 4.98 Å². The van der Waals surface area contributed by atoms with Gasteiger partial charge >= 0.3 is 0 Å². The highest BCUT2D eigenvalue weighted by molar-refractivity contribution is 5.89. The third-order valence-electron chi connectivity index (χ3n) is 5.92. The van der Waals surface area contributed by atoms with Crippen LogP contribution < -0.4 is 15.8 Å². The minimum absolute atomic E-state index is 0.134. The van der Waals surface area contributed by atoms with Crippen LogP contribution in [0.4, 0.5) is 5.82 Å². The third kappa shape index (κ3) is 3.14. The van der Waals surface area contributed by atoms with Crippen molar-refractivity contribution >= 4 is 27.8 Å². The van der Waals surface area contributed by atoms with Crippen molar-refractivity contribution in [2.75, 3.05) is 31.1 Å². The minimum atomic E-state index is -0.134. The van der Waals surface area contributed by atoms with E-state index in [4.69, 9.17) is 0 Å². The van der Waals surface area contributed by atoms with E-state index in [1.54, 1.807) is 17.1 Å². The molecule has 1 aliphatic rings. The zero-order valence-electron chi connectivity index (χ0n) is 17.4. The number of hydrogen-bond acceptors (Lipinski definition) is 6. The van der Waals surface area contributed by atoms with Crippen LogP contribution in [0, 0.1) is 11.3 Å². The van der Waals surface area contributed by atoms with Gasteiger partial charge < -0.3 is 14.8 Å². The lowest BCUT2D eigenvalue weighted by Crippen LogP contribution is -2.44. The molecule has 8 heteroatoms. The molecule has 0 aliphatic carbocycles. The lowest BCUT2D eigenvalue weighted by molar-refractivity contribution is 0.574. The number of benzene rings is 1. The number of pyridine rings is 1. The van der Waals surface area contributed by atoms with E-state index in [1.165, 1.54) is 0 Å². The van der Waals surface area contributed by atoms with Crippen LogP contribution >= 0.6 is 0 Å². The topological polar surface area (TPSA) is 91.8 Å². The highest BCUT2D eigenvalue weighted by atomic mass is 16.1. The van der Waals surface area contributed by atoms with Gasteiger partial charge in [-0.15, -0.1) is 0 Å². The van der Waals surface area contributed by atoms with E-state index in [0.29, 0.717) is 29.7 Å². The molecule has 1 saturated heterocycles. The first-order valence-corrected chi connectivity index (χ1v) is 10.5. The van der Waals surface area contributed by atoms with Crippen molar-refractivity contribution in [3.63, 3.8) is 0 Å². The van der Waals surface area contributed by atoms with Gasteiger partial charge in [0.2, 0.25) is 0 Å². The van der Waals surface area contributed by atoms with Gasteiger partial charge in [0.15, 0.2) is 0 Å². The maximum atomic E-state index is 13.6. The standard InChI is InChI=1S/C23H23N7O/c1-2-30-21-20(18(13-24)22(30)28-11-9-25-10-12-28)27-15-29(23(21)31)14-16-7-8-26-19-6-4-3-5-17(16)19/h3-8,15,25H,2,9-12,14H2,1H3. The Kier molecular flexibility index (Phi) is 4.88. The van der Waals surface area contributed by atoms with Gasteiger partial charge in [-0.2, -0.15) is 5.26 Å². The molecule has 0 amide bonds. The number of anilines is 1. The first-order valence-electron chi connectivity index (χ1n) is 10.5. The molecule has 31 heavy (non-hydrogen) atoms. The van der Waals surface area contributed by atoms with Crippen molar-refractivity contribution in [1.29, 1.82) is 5.26 Å². The summed E-state index contributed by atoms with van der Waals surface area (Å²) in [6.07, 6.45) is 3.32. The molecule has 1 aromatic carbocycles. The fraction of sp³-hybridized carbons (Fsp3) is 0.304. The summed E-state index contributed by atoms with van der Waals surface area (Å²) in [5, 5.41) is 14.3. The molecule has 0 saturated carbocycles. The molecule has 0 spiro atoms. The van der Waals surface area contributed by atoms with Crippen LogP contribution in [0.25, 0.3) is 21.9 Å². The van der Waals surface area contributed by atoms with Gasteiger partial charge in [0, 0.05) is 44.3 Å². The molecule has 0 radical (unpaired) electrons. The highest BCUT2D eigenvalue weighted by Crippen LogP contribution is 2.30. The quantitative estimate of drug-likeness (QED) is 0.551. The summed E-state index contributed by atoms with van der Waals surface area (Å²) < 4.78 is 3.58. The molecule has 0 bridgehead atoms. The smallest absolute Gasteiger partial charge is 0.278 e. The van der Waals surface area contributed by atoms with Crippen LogP contribution in [0.2, 0.25) is 0 Å². The van der Waals surface area contributed by atoms with E-state index < -0.39 is 0 Å². The highest BCUT2D eigenvalue weighted by Gasteiger charge is 2.26. The second-order valence-electron chi connectivity index (χ2n) is 7.65. The van der Waals surface area contributed by atoms with E-state index in [2.05, 4.69) is 26.3 Å².